The summed E-state index contributed by atoms with van der Waals surface area (Å²) in [6.07, 6.45) is -1.27. The smallest absolute Gasteiger partial charge is 0.338 e. The van der Waals surface area contributed by atoms with E-state index in [9.17, 15) is 44.1 Å². The molecule has 42 heavy (non-hydrogen) atoms. The van der Waals surface area contributed by atoms with Gasteiger partial charge in [0.25, 0.3) is 0 Å². The van der Waals surface area contributed by atoms with Crippen LogP contribution in [0.5, 0.6) is 0 Å². The Hall–Kier alpha value is -3.73. The lowest BCUT2D eigenvalue weighted by molar-refractivity contribution is -0.143. The Bertz CT molecular complexity index is 1230. The minimum atomic E-state index is -1.57. The fraction of sp³-hybridized carbons (Fsp3) is 0.538. The highest BCUT2D eigenvalue weighted by molar-refractivity contribution is 7.98. The number of hydrogen-bond acceptors (Lipinski definition) is 11. The van der Waals surface area contributed by atoms with Crippen LogP contribution in [0.25, 0.3) is 0 Å². The van der Waals surface area contributed by atoms with Crippen molar-refractivity contribution in [3.05, 3.63) is 34.9 Å². The van der Waals surface area contributed by atoms with Gasteiger partial charge in [-0.25, -0.2) is 4.79 Å². The Morgan fingerprint density at radius 3 is 2.62 bits per heavy atom. The number of carbonyl (C=O) groups excluding carboxylic acids is 5. The molecule has 6 atom stereocenters. The van der Waals surface area contributed by atoms with E-state index in [1.165, 1.54) is 18.7 Å². The van der Waals surface area contributed by atoms with Gasteiger partial charge in [0, 0.05) is 18.1 Å². The summed E-state index contributed by atoms with van der Waals surface area (Å²) in [5.41, 5.74) is 7.10. The number of aryl methyl sites for hydroxylation is 1. The van der Waals surface area contributed by atoms with Gasteiger partial charge >= 0.3 is 11.9 Å². The first-order chi connectivity index (χ1) is 19.8. The molecule has 1 aromatic carbocycles. The van der Waals surface area contributed by atoms with E-state index < -0.39 is 85.1 Å². The number of ether oxygens (including phenoxy) is 1. The van der Waals surface area contributed by atoms with E-state index in [0.717, 1.165) is 4.90 Å². The second-order valence-electron chi connectivity index (χ2n) is 10.0. The molecule has 1 aromatic rings. The first-order valence-electron chi connectivity index (χ1n) is 13.2. The van der Waals surface area contributed by atoms with Gasteiger partial charge in [-0.1, -0.05) is 18.2 Å². The molecule has 230 valence electrons. The van der Waals surface area contributed by atoms with Crippen molar-refractivity contribution < 1.29 is 48.8 Å². The number of benzene rings is 1. The number of carbonyl (C=O) groups is 6. The van der Waals surface area contributed by atoms with E-state index in [2.05, 4.69) is 16.0 Å². The van der Waals surface area contributed by atoms with Crippen LogP contribution in [0.1, 0.15) is 34.8 Å². The largest absolute Gasteiger partial charge is 0.480 e. The fourth-order valence-electron chi connectivity index (χ4n) is 4.56. The van der Waals surface area contributed by atoms with Crippen molar-refractivity contribution in [1.82, 2.24) is 20.9 Å². The van der Waals surface area contributed by atoms with Crippen LogP contribution in [0, 0.1) is 6.92 Å². The van der Waals surface area contributed by atoms with Crippen LogP contribution in [0.3, 0.4) is 0 Å². The molecular formula is C26H35N5O10S. The molecule has 1 saturated heterocycles. The van der Waals surface area contributed by atoms with Gasteiger partial charge in [0.2, 0.25) is 23.6 Å². The molecule has 0 spiro atoms. The van der Waals surface area contributed by atoms with Crippen LogP contribution in [-0.4, -0.2) is 118 Å². The molecule has 3 rings (SSSR count). The molecule has 2 aliphatic heterocycles. The molecule has 0 saturated carbocycles. The number of cyclic esters (lactones) is 1. The van der Waals surface area contributed by atoms with Gasteiger partial charge in [-0.15, -0.1) is 0 Å². The highest BCUT2D eigenvalue weighted by Crippen LogP contribution is 2.23. The highest BCUT2D eigenvalue weighted by Gasteiger charge is 2.43. The molecule has 0 unspecified atom stereocenters. The van der Waals surface area contributed by atoms with E-state index in [1.54, 1.807) is 25.1 Å². The number of esters is 1. The number of carboxylic acids is 1. The van der Waals surface area contributed by atoms with Crippen LogP contribution in [0.4, 0.5) is 0 Å². The zero-order valence-corrected chi connectivity index (χ0v) is 23.9. The maximum absolute atomic E-state index is 13.4. The van der Waals surface area contributed by atoms with Gasteiger partial charge in [-0.05, 0) is 31.4 Å². The third-order valence-corrected chi connectivity index (χ3v) is 8.00. The maximum atomic E-state index is 13.4. The molecule has 0 aromatic heterocycles. The second-order valence-corrected chi connectivity index (χ2v) is 11.1. The number of nitrogens with one attached hydrogen (secondary N) is 3. The van der Waals surface area contributed by atoms with Gasteiger partial charge in [0.1, 0.15) is 36.8 Å². The fourth-order valence-corrected chi connectivity index (χ4v) is 5.61. The lowest BCUT2D eigenvalue weighted by Crippen LogP contribution is -2.61. The number of fused-ring (bicyclic) bond motifs is 1. The van der Waals surface area contributed by atoms with E-state index in [1.807, 2.05) is 0 Å². The third-order valence-electron chi connectivity index (χ3n) is 6.91. The van der Waals surface area contributed by atoms with Gasteiger partial charge < -0.3 is 46.6 Å². The predicted octanol–water partition coefficient (Wildman–Crippen LogP) is -2.76. The number of nitrogens with zero attached hydrogens (tertiary/aromatic N) is 1. The summed E-state index contributed by atoms with van der Waals surface area (Å²) in [4.78, 5) is 77.6. The summed E-state index contributed by atoms with van der Waals surface area (Å²) in [7, 11) is 0. The first-order valence-corrected chi connectivity index (χ1v) is 14.3. The van der Waals surface area contributed by atoms with Gasteiger partial charge in [0.15, 0.2) is 0 Å². The molecular weight excluding hydrogens is 574 g/mol. The van der Waals surface area contributed by atoms with Crippen molar-refractivity contribution in [2.24, 2.45) is 5.73 Å². The summed E-state index contributed by atoms with van der Waals surface area (Å²) in [5.74, 6) is -5.20. The maximum Gasteiger partial charge on any atom is 0.338 e. The topological polar surface area (TPSA) is 238 Å². The molecule has 0 bridgehead atoms. The van der Waals surface area contributed by atoms with Crippen LogP contribution in [0.15, 0.2) is 18.2 Å². The normalized spacial score (nSPS) is 24.5. The molecule has 2 heterocycles. The molecule has 4 amide bonds. The Labute approximate surface area is 245 Å². The number of rotatable bonds is 7. The summed E-state index contributed by atoms with van der Waals surface area (Å²) >= 11 is 1.21. The number of aliphatic hydroxyl groups is 2. The molecule has 1 fully saturated rings. The molecule has 16 heteroatoms. The van der Waals surface area contributed by atoms with Crippen molar-refractivity contribution in [3.63, 3.8) is 0 Å². The van der Waals surface area contributed by atoms with Crippen LogP contribution < -0.4 is 21.7 Å². The van der Waals surface area contributed by atoms with E-state index in [4.69, 9.17) is 10.5 Å². The molecule has 2 aliphatic rings. The first kappa shape index (κ1) is 32.8. The number of carboxylic acid groups (broad SMARTS) is 1. The number of thioether (sulfide) groups is 1. The number of hydrogen-bond donors (Lipinski definition) is 7. The third kappa shape index (κ3) is 7.76. The standard InChI is InChI=1S/C26H35N5O10S/c1-12-4-3-5-14-10-42-11-17(22(35)28-13(2)25(38)39)30-21(34)16(9-41-26(40)19(12)14)29-23(36)20-18(33)6-7-31(20)24(37)15(27)8-32/h3-5,13,15-18,20,32-33H,6-11,27H2,1-2H3,(H,28,35)(H,29,36)(H,30,34)(H,38,39)/t13-,15-,16+,17-,18+,20-/m0/s1. The number of amides is 4. The summed E-state index contributed by atoms with van der Waals surface area (Å²) < 4.78 is 5.42. The Balaban J connectivity index is 1.91. The summed E-state index contributed by atoms with van der Waals surface area (Å²) in [6.45, 7) is 1.58. The van der Waals surface area contributed by atoms with E-state index in [-0.39, 0.29) is 30.0 Å². The lowest BCUT2D eigenvalue weighted by Gasteiger charge is -2.29. The average Bonchev–Trinajstić information content (AvgIpc) is 3.33. The Kier molecular flexibility index (Phi) is 11.3. The van der Waals surface area contributed by atoms with Crippen molar-refractivity contribution in [3.8, 4) is 0 Å². The van der Waals surface area contributed by atoms with Crippen molar-refractivity contribution in [2.45, 2.75) is 62.3 Å². The zero-order chi connectivity index (χ0) is 31.1. The van der Waals surface area contributed by atoms with Crippen LogP contribution >= 0.6 is 11.8 Å². The summed E-state index contributed by atoms with van der Waals surface area (Å²) in [5, 5.41) is 36.1. The number of aliphatic carboxylic acids is 1. The number of aliphatic hydroxyl groups excluding tert-OH is 2. The number of likely N-dealkylation sites (tertiary alicyclic amines) is 1. The van der Waals surface area contributed by atoms with Gasteiger partial charge in [0.05, 0.1) is 18.3 Å². The van der Waals surface area contributed by atoms with Crippen LogP contribution in [0.2, 0.25) is 0 Å². The van der Waals surface area contributed by atoms with Crippen LogP contribution in [-0.2, 0) is 34.5 Å². The van der Waals surface area contributed by atoms with E-state index in [0.29, 0.717) is 11.1 Å². The molecule has 0 radical (unpaired) electrons. The molecule has 0 aliphatic carbocycles. The van der Waals surface area contributed by atoms with E-state index >= 15 is 0 Å². The SMILES string of the molecule is Cc1cccc2c1C(=O)OC[C@@H](NC(=O)[C@@H]1[C@H](O)CCN1C(=O)[C@@H](N)CO)C(=O)N[C@H](C(=O)N[C@@H](C)C(=O)O)CSC2. The minimum Gasteiger partial charge on any atom is -0.480 e. The van der Waals surface area contributed by atoms with Crippen molar-refractivity contribution >= 4 is 47.3 Å². The Morgan fingerprint density at radius 2 is 1.95 bits per heavy atom. The minimum absolute atomic E-state index is 0.00429. The molecule has 15 nitrogen and oxygen atoms in total. The predicted molar refractivity (Wildman–Crippen MR) is 148 cm³/mol. The van der Waals surface area contributed by atoms with Crippen molar-refractivity contribution in [2.75, 3.05) is 25.5 Å². The quantitative estimate of drug-likeness (QED) is 0.156. The average molecular weight is 610 g/mol. The zero-order valence-electron chi connectivity index (χ0n) is 23.1. The number of nitrogens with two attached hydrogens (primary N) is 1. The van der Waals surface area contributed by atoms with Gasteiger partial charge in [-0.2, -0.15) is 11.8 Å². The highest BCUT2D eigenvalue weighted by atomic mass is 32.2. The monoisotopic (exact) mass is 609 g/mol. The molecule has 8 N–H and O–H groups in total. The van der Waals surface area contributed by atoms with Crippen molar-refractivity contribution in [1.29, 1.82) is 0 Å². The Morgan fingerprint density at radius 1 is 1.24 bits per heavy atom. The second kappa shape index (κ2) is 14.4. The van der Waals surface area contributed by atoms with Gasteiger partial charge in [-0.3, -0.25) is 24.0 Å². The summed E-state index contributed by atoms with van der Waals surface area (Å²) in [6, 6.07) is -1.66. The lowest BCUT2D eigenvalue weighted by atomic mass is 10.0.